The van der Waals surface area contributed by atoms with Gasteiger partial charge in [0.25, 0.3) is 11.8 Å². The van der Waals surface area contributed by atoms with E-state index in [9.17, 15) is 14.4 Å². The average molecular weight is 366 g/mol. The number of thiophene rings is 1. The molecule has 25 heavy (non-hydrogen) atoms. The third-order valence-corrected chi connectivity index (χ3v) is 5.68. The smallest absolute Gasteiger partial charge is 0.332 e. The van der Waals surface area contributed by atoms with Gasteiger partial charge in [-0.3, -0.25) is 9.59 Å². The lowest BCUT2D eigenvalue weighted by Crippen LogP contribution is -2.49. The molecule has 2 aliphatic rings. The molecule has 3 rings (SSSR count). The first-order chi connectivity index (χ1) is 11.9. The number of hydrogen-bond donors (Lipinski definition) is 2. The summed E-state index contributed by atoms with van der Waals surface area (Å²) in [4.78, 5) is 39.1. The van der Waals surface area contributed by atoms with Crippen molar-refractivity contribution in [3.05, 3.63) is 21.9 Å². The van der Waals surface area contributed by atoms with E-state index in [1.807, 2.05) is 19.1 Å². The minimum absolute atomic E-state index is 0.0511. The van der Waals surface area contributed by atoms with E-state index in [0.717, 1.165) is 4.88 Å². The predicted octanol–water partition coefficient (Wildman–Crippen LogP) is 1.41. The van der Waals surface area contributed by atoms with Gasteiger partial charge >= 0.3 is 5.97 Å². The van der Waals surface area contributed by atoms with Crippen molar-refractivity contribution in [3.63, 3.8) is 0 Å². The molecule has 3 heterocycles. The number of carboxylic acids is 1. The van der Waals surface area contributed by atoms with Gasteiger partial charge in [0.2, 0.25) is 0 Å². The molecule has 1 aromatic rings. The highest BCUT2D eigenvalue weighted by molar-refractivity contribution is 7.13. The Morgan fingerprint density at radius 3 is 2.40 bits per heavy atom. The molecular weight excluding hydrogens is 344 g/mol. The molecule has 2 atom stereocenters. The van der Waals surface area contributed by atoms with Gasteiger partial charge in [0.1, 0.15) is 6.10 Å². The monoisotopic (exact) mass is 366 g/mol. The number of piperidine rings is 1. The van der Waals surface area contributed by atoms with Gasteiger partial charge < -0.3 is 20.1 Å². The number of aryl methyl sites for hydroxylation is 1. The van der Waals surface area contributed by atoms with Crippen molar-refractivity contribution in [2.45, 2.75) is 50.9 Å². The van der Waals surface area contributed by atoms with Crippen LogP contribution in [-0.2, 0) is 14.3 Å². The third kappa shape index (κ3) is 4.19. The normalized spacial score (nSPS) is 24.3. The fraction of sp³-hybridized carbons (Fsp3) is 0.588. The molecule has 0 spiro atoms. The van der Waals surface area contributed by atoms with Crippen molar-refractivity contribution in [1.29, 1.82) is 0 Å². The first-order valence-electron chi connectivity index (χ1n) is 8.48. The fourth-order valence-corrected chi connectivity index (χ4v) is 4.03. The summed E-state index contributed by atoms with van der Waals surface area (Å²) in [5.41, 5.74) is 0. The summed E-state index contributed by atoms with van der Waals surface area (Å²) in [5.74, 6) is -1.21. The summed E-state index contributed by atoms with van der Waals surface area (Å²) < 4.78 is 5.33. The maximum absolute atomic E-state index is 12.4. The molecule has 2 aliphatic heterocycles. The number of carbonyl (C=O) groups is 3. The zero-order valence-corrected chi connectivity index (χ0v) is 14.9. The number of amides is 2. The number of rotatable bonds is 4. The largest absolute Gasteiger partial charge is 0.479 e. The van der Waals surface area contributed by atoms with Crippen LogP contribution in [0.3, 0.4) is 0 Å². The van der Waals surface area contributed by atoms with Crippen LogP contribution in [0.4, 0.5) is 0 Å². The predicted molar refractivity (Wildman–Crippen MR) is 91.7 cm³/mol. The van der Waals surface area contributed by atoms with Crippen molar-refractivity contribution in [1.82, 2.24) is 10.2 Å². The summed E-state index contributed by atoms with van der Waals surface area (Å²) in [7, 11) is 0. The third-order valence-electron chi connectivity index (χ3n) is 4.68. The lowest BCUT2D eigenvalue weighted by Gasteiger charge is -2.33. The fourth-order valence-electron chi connectivity index (χ4n) is 3.26. The second-order valence-electron chi connectivity index (χ2n) is 6.51. The second kappa shape index (κ2) is 7.53. The van der Waals surface area contributed by atoms with Gasteiger partial charge in [0, 0.05) is 24.0 Å². The number of carbonyl (C=O) groups excluding carboxylic acids is 2. The van der Waals surface area contributed by atoms with Gasteiger partial charge in [-0.05, 0) is 44.7 Å². The first kappa shape index (κ1) is 17.9. The summed E-state index contributed by atoms with van der Waals surface area (Å²) in [6, 6.07) is 3.80. The molecule has 2 N–H and O–H groups in total. The van der Waals surface area contributed by atoms with Crippen LogP contribution in [0.25, 0.3) is 0 Å². The van der Waals surface area contributed by atoms with E-state index in [-0.39, 0.29) is 17.9 Å². The number of nitrogens with one attached hydrogen (secondary N) is 1. The zero-order valence-electron chi connectivity index (χ0n) is 14.1. The van der Waals surface area contributed by atoms with Crippen molar-refractivity contribution < 1.29 is 24.2 Å². The Bertz CT molecular complexity index is 666. The van der Waals surface area contributed by atoms with Gasteiger partial charge in [0.05, 0.1) is 4.88 Å². The van der Waals surface area contributed by atoms with E-state index < -0.39 is 18.2 Å². The van der Waals surface area contributed by atoms with Crippen LogP contribution >= 0.6 is 11.3 Å². The zero-order chi connectivity index (χ0) is 18.0. The molecular formula is C17H22N2O5S. The minimum atomic E-state index is -1.01. The van der Waals surface area contributed by atoms with Gasteiger partial charge in [-0.1, -0.05) is 0 Å². The van der Waals surface area contributed by atoms with E-state index in [2.05, 4.69) is 5.32 Å². The maximum atomic E-state index is 12.4. The molecule has 0 radical (unpaired) electrons. The SMILES string of the molecule is Cc1ccc(C(=O)NC2CCN(C(=O)[C@@H]3CC[C@H](C(=O)O)O3)CC2)s1. The number of ether oxygens (including phenoxy) is 1. The molecule has 0 unspecified atom stereocenters. The molecule has 0 aromatic carbocycles. The molecule has 0 saturated carbocycles. The quantitative estimate of drug-likeness (QED) is 0.840. The molecule has 0 bridgehead atoms. The van der Waals surface area contributed by atoms with Crippen molar-refractivity contribution in [2.75, 3.05) is 13.1 Å². The molecule has 2 fully saturated rings. The number of carboxylic acid groups (broad SMARTS) is 1. The van der Waals surface area contributed by atoms with Crippen LogP contribution in [0.5, 0.6) is 0 Å². The van der Waals surface area contributed by atoms with Crippen LogP contribution < -0.4 is 5.32 Å². The average Bonchev–Trinajstić information content (AvgIpc) is 3.24. The Hall–Kier alpha value is -1.93. The van der Waals surface area contributed by atoms with Crippen molar-refractivity contribution >= 4 is 29.1 Å². The second-order valence-corrected chi connectivity index (χ2v) is 7.80. The van der Waals surface area contributed by atoms with Gasteiger partial charge in [-0.15, -0.1) is 11.3 Å². The van der Waals surface area contributed by atoms with Crippen LogP contribution in [0.1, 0.15) is 40.2 Å². The van der Waals surface area contributed by atoms with Crippen LogP contribution in [0.2, 0.25) is 0 Å². The lowest BCUT2D eigenvalue weighted by atomic mass is 10.0. The number of aliphatic carboxylic acids is 1. The summed E-state index contributed by atoms with van der Waals surface area (Å²) in [6.45, 7) is 3.06. The Labute approximate surface area is 150 Å². The van der Waals surface area contributed by atoms with Gasteiger partial charge in [0.15, 0.2) is 6.10 Å². The molecule has 1 aromatic heterocycles. The minimum Gasteiger partial charge on any atom is -0.479 e. The van der Waals surface area contributed by atoms with Crippen LogP contribution in [-0.4, -0.2) is 59.1 Å². The Kier molecular flexibility index (Phi) is 5.39. The van der Waals surface area contributed by atoms with E-state index in [4.69, 9.17) is 9.84 Å². The Balaban J connectivity index is 1.46. The topological polar surface area (TPSA) is 95.9 Å². The molecule has 7 nitrogen and oxygen atoms in total. The summed E-state index contributed by atoms with van der Waals surface area (Å²) in [5, 5.41) is 12.0. The standard InChI is InChI=1S/C17H22N2O5S/c1-10-2-5-14(25-10)15(20)18-11-6-8-19(9-7-11)16(21)12-3-4-13(24-12)17(22)23/h2,5,11-13H,3-4,6-9H2,1H3,(H,18,20)(H,22,23)/t12-,13+/m0/s1. The van der Waals surface area contributed by atoms with E-state index in [1.165, 1.54) is 11.3 Å². The maximum Gasteiger partial charge on any atom is 0.332 e. The Morgan fingerprint density at radius 2 is 1.84 bits per heavy atom. The van der Waals surface area contributed by atoms with Crippen molar-refractivity contribution in [3.8, 4) is 0 Å². The van der Waals surface area contributed by atoms with Gasteiger partial charge in [-0.2, -0.15) is 0 Å². The van der Waals surface area contributed by atoms with Crippen LogP contribution in [0.15, 0.2) is 12.1 Å². The summed E-state index contributed by atoms with van der Waals surface area (Å²) in [6.07, 6.45) is 0.678. The lowest BCUT2D eigenvalue weighted by molar-refractivity contribution is -0.155. The number of likely N-dealkylation sites (tertiary alicyclic amines) is 1. The molecule has 2 saturated heterocycles. The summed E-state index contributed by atoms with van der Waals surface area (Å²) >= 11 is 1.47. The number of nitrogens with zero attached hydrogens (tertiary/aromatic N) is 1. The van der Waals surface area contributed by atoms with Crippen molar-refractivity contribution in [2.24, 2.45) is 0 Å². The van der Waals surface area contributed by atoms with E-state index >= 15 is 0 Å². The first-order valence-corrected chi connectivity index (χ1v) is 9.30. The highest BCUT2D eigenvalue weighted by atomic mass is 32.1. The van der Waals surface area contributed by atoms with E-state index in [0.29, 0.717) is 43.6 Å². The van der Waals surface area contributed by atoms with E-state index in [1.54, 1.807) is 4.90 Å². The highest BCUT2D eigenvalue weighted by Crippen LogP contribution is 2.23. The molecule has 2 amide bonds. The molecule has 8 heteroatoms. The molecule has 0 aliphatic carbocycles. The Morgan fingerprint density at radius 1 is 1.16 bits per heavy atom. The highest BCUT2D eigenvalue weighted by Gasteiger charge is 2.37. The molecule has 136 valence electrons. The number of hydrogen-bond acceptors (Lipinski definition) is 5. The van der Waals surface area contributed by atoms with Crippen LogP contribution in [0, 0.1) is 6.92 Å². The van der Waals surface area contributed by atoms with Gasteiger partial charge in [-0.25, -0.2) is 4.79 Å².